The number of benzene rings is 2. The molecule has 1 N–H and O–H groups in total. The zero-order valence-electron chi connectivity index (χ0n) is 10.5. The van der Waals surface area contributed by atoms with Crippen molar-refractivity contribution in [2.24, 2.45) is 0 Å². The number of hydrogen-bond donors (Lipinski definition) is 1. The molecule has 2 aromatic rings. The van der Waals surface area contributed by atoms with Crippen molar-refractivity contribution < 1.29 is 0 Å². The lowest BCUT2D eigenvalue weighted by molar-refractivity contribution is 0.274. The van der Waals surface area contributed by atoms with Crippen LogP contribution < -0.4 is 5.32 Å². The highest BCUT2D eigenvalue weighted by molar-refractivity contribution is 9.10. The summed E-state index contributed by atoms with van der Waals surface area (Å²) in [5, 5.41) is 3.43. The number of rotatable bonds is 3. The van der Waals surface area contributed by atoms with E-state index in [1.165, 1.54) is 15.6 Å². The van der Waals surface area contributed by atoms with Crippen molar-refractivity contribution in [2.45, 2.75) is 11.8 Å². The second-order valence-electron chi connectivity index (χ2n) is 5.16. The summed E-state index contributed by atoms with van der Waals surface area (Å²) in [4.78, 5) is 0. The first kappa shape index (κ1) is 13.3. The first-order valence-electron chi connectivity index (χ1n) is 6.40. The third-order valence-corrected chi connectivity index (χ3v) is 5.12. The van der Waals surface area contributed by atoms with Crippen molar-refractivity contribution in [3.8, 4) is 0 Å². The maximum absolute atomic E-state index is 3.66. The maximum Gasteiger partial charge on any atom is 0.0243 e. The van der Waals surface area contributed by atoms with Gasteiger partial charge in [0.25, 0.3) is 0 Å². The largest absolute Gasteiger partial charge is 0.315 e. The van der Waals surface area contributed by atoms with Crippen LogP contribution in [-0.2, 0) is 11.8 Å². The molecule has 0 aromatic heterocycles. The summed E-state index contributed by atoms with van der Waals surface area (Å²) in [5.41, 5.74) is 3.02. The van der Waals surface area contributed by atoms with Crippen molar-refractivity contribution in [3.05, 3.63) is 68.6 Å². The van der Waals surface area contributed by atoms with E-state index >= 15 is 0 Å². The summed E-state index contributed by atoms with van der Waals surface area (Å²) < 4.78 is 2.36. The molecule has 1 aliphatic heterocycles. The fraction of sp³-hybridized carbons (Fsp3) is 0.250. The van der Waals surface area contributed by atoms with Crippen LogP contribution in [0.2, 0.25) is 0 Å². The zero-order chi connectivity index (χ0) is 13.3. The van der Waals surface area contributed by atoms with Gasteiger partial charge in [-0.05, 0) is 35.7 Å². The molecule has 1 fully saturated rings. The Kier molecular flexibility index (Phi) is 3.79. The molecule has 2 aromatic carbocycles. The van der Waals surface area contributed by atoms with Gasteiger partial charge >= 0.3 is 0 Å². The molecule has 3 heteroatoms. The van der Waals surface area contributed by atoms with E-state index in [9.17, 15) is 0 Å². The van der Waals surface area contributed by atoms with Crippen LogP contribution in [-0.4, -0.2) is 13.1 Å². The average Bonchev–Trinajstić information content (AvgIpc) is 2.36. The second-order valence-corrected chi connectivity index (χ2v) is 6.93. The van der Waals surface area contributed by atoms with Crippen molar-refractivity contribution >= 4 is 31.9 Å². The van der Waals surface area contributed by atoms with Gasteiger partial charge in [0.1, 0.15) is 0 Å². The van der Waals surface area contributed by atoms with Gasteiger partial charge in [-0.15, -0.1) is 0 Å². The molecule has 3 rings (SSSR count). The number of nitrogens with one attached hydrogen (secondary N) is 1. The van der Waals surface area contributed by atoms with Crippen LogP contribution in [0, 0.1) is 0 Å². The minimum Gasteiger partial charge on any atom is -0.315 e. The van der Waals surface area contributed by atoms with Crippen LogP contribution in [0.5, 0.6) is 0 Å². The van der Waals surface area contributed by atoms with Crippen molar-refractivity contribution in [1.29, 1.82) is 0 Å². The minimum atomic E-state index is 0.230. The average molecular weight is 381 g/mol. The quantitative estimate of drug-likeness (QED) is 0.837. The van der Waals surface area contributed by atoms with Crippen LogP contribution in [0.15, 0.2) is 57.5 Å². The van der Waals surface area contributed by atoms with Gasteiger partial charge in [0.2, 0.25) is 0 Å². The smallest absolute Gasteiger partial charge is 0.0243 e. The Labute approximate surface area is 130 Å². The summed E-state index contributed by atoms with van der Waals surface area (Å²) in [7, 11) is 0. The Morgan fingerprint density at radius 3 is 2.42 bits per heavy atom. The Hall–Kier alpha value is -0.640. The van der Waals surface area contributed by atoms with Crippen LogP contribution in [0.25, 0.3) is 0 Å². The van der Waals surface area contributed by atoms with Crippen molar-refractivity contribution in [3.63, 3.8) is 0 Å². The van der Waals surface area contributed by atoms with Gasteiger partial charge in [-0.3, -0.25) is 0 Å². The zero-order valence-corrected chi connectivity index (χ0v) is 13.7. The Morgan fingerprint density at radius 1 is 1.00 bits per heavy atom. The van der Waals surface area contributed by atoms with Crippen LogP contribution in [0.1, 0.15) is 11.1 Å². The normalized spacial score (nSPS) is 16.9. The molecule has 0 aliphatic carbocycles. The molecule has 0 spiro atoms. The standard InChI is InChI=1S/C16H15Br2N/c17-14-6-3-5-13(8-14)16(10-19-11-16)9-12-4-1-2-7-15(12)18/h1-8,19H,9-11H2. The summed E-state index contributed by atoms with van der Waals surface area (Å²) in [6.45, 7) is 2.09. The van der Waals surface area contributed by atoms with Gasteiger partial charge in [0, 0.05) is 27.4 Å². The van der Waals surface area contributed by atoms with E-state index in [1.54, 1.807) is 0 Å². The maximum atomic E-state index is 3.66. The van der Waals surface area contributed by atoms with Gasteiger partial charge in [-0.2, -0.15) is 0 Å². The lowest BCUT2D eigenvalue weighted by atomic mass is 9.71. The Bertz CT molecular complexity index is 591. The van der Waals surface area contributed by atoms with Gasteiger partial charge < -0.3 is 5.32 Å². The lowest BCUT2D eigenvalue weighted by Crippen LogP contribution is -2.58. The van der Waals surface area contributed by atoms with Crippen molar-refractivity contribution in [1.82, 2.24) is 5.32 Å². The predicted octanol–water partition coefficient (Wildman–Crippen LogP) is 4.30. The highest BCUT2D eigenvalue weighted by Gasteiger charge is 2.39. The van der Waals surface area contributed by atoms with Gasteiger partial charge in [-0.25, -0.2) is 0 Å². The molecular weight excluding hydrogens is 366 g/mol. The monoisotopic (exact) mass is 379 g/mol. The van der Waals surface area contributed by atoms with E-state index in [1.807, 2.05) is 0 Å². The third kappa shape index (κ3) is 2.64. The van der Waals surface area contributed by atoms with E-state index in [0.29, 0.717) is 0 Å². The topological polar surface area (TPSA) is 12.0 Å². The van der Waals surface area contributed by atoms with E-state index in [4.69, 9.17) is 0 Å². The molecule has 0 saturated carbocycles. The fourth-order valence-corrected chi connectivity index (χ4v) is 3.51. The first-order valence-corrected chi connectivity index (χ1v) is 7.98. The summed E-state index contributed by atoms with van der Waals surface area (Å²) >= 11 is 7.24. The first-order chi connectivity index (χ1) is 9.20. The second kappa shape index (κ2) is 5.39. The Morgan fingerprint density at radius 2 is 1.79 bits per heavy atom. The Balaban J connectivity index is 1.94. The summed E-state index contributed by atoms with van der Waals surface area (Å²) in [5.74, 6) is 0. The van der Waals surface area contributed by atoms with E-state index < -0.39 is 0 Å². The van der Waals surface area contributed by atoms with Crippen LogP contribution in [0.4, 0.5) is 0 Å². The molecule has 1 saturated heterocycles. The minimum absolute atomic E-state index is 0.230. The predicted molar refractivity (Wildman–Crippen MR) is 86.5 cm³/mol. The molecule has 1 aliphatic rings. The molecule has 0 radical (unpaired) electrons. The number of halogens is 2. The van der Waals surface area contributed by atoms with Gasteiger partial charge in [0.15, 0.2) is 0 Å². The van der Waals surface area contributed by atoms with Gasteiger partial charge in [-0.1, -0.05) is 62.2 Å². The molecule has 0 atom stereocenters. The molecule has 0 amide bonds. The highest BCUT2D eigenvalue weighted by atomic mass is 79.9. The van der Waals surface area contributed by atoms with E-state index in [0.717, 1.165) is 24.0 Å². The molecular formula is C16H15Br2N. The van der Waals surface area contributed by atoms with Crippen LogP contribution in [0.3, 0.4) is 0 Å². The molecule has 19 heavy (non-hydrogen) atoms. The molecule has 1 nitrogen and oxygen atoms in total. The highest BCUT2D eigenvalue weighted by Crippen LogP contribution is 2.35. The number of hydrogen-bond acceptors (Lipinski definition) is 1. The van der Waals surface area contributed by atoms with Crippen molar-refractivity contribution in [2.75, 3.05) is 13.1 Å². The summed E-state index contributed by atoms with van der Waals surface area (Å²) in [6, 6.07) is 17.2. The van der Waals surface area contributed by atoms with E-state index in [-0.39, 0.29) is 5.41 Å². The molecule has 98 valence electrons. The van der Waals surface area contributed by atoms with Crippen LogP contribution >= 0.6 is 31.9 Å². The van der Waals surface area contributed by atoms with E-state index in [2.05, 4.69) is 85.7 Å². The summed E-state index contributed by atoms with van der Waals surface area (Å²) in [6.07, 6.45) is 1.07. The molecule has 0 bridgehead atoms. The molecule has 0 unspecified atom stereocenters. The fourth-order valence-electron chi connectivity index (χ4n) is 2.68. The molecule has 1 heterocycles. The SMILES string of the molecule is Brc1cccc(C2(Cc3ccccc3Br)CNC2)c1. The third-order valence-electron chi connectivity index (χ3n) is 3.85. The lowest BCUT2D eigenvalue weighted by Gasteiger charge is -2.44. The van der Waals surface area contributed by atoms with Gasteiger partial charge in [0.05, 0.1) is 0 Å².